The molecule has 0 saturated carbocycles. The van der Waals surface area contributed by atoms with Gasteiger partial charge in [-0.2, -0.15) is 9.49 Å². The number of benzene rings is 2. The third-order valence-electron chi connectivity index (χ3n) is 7.64. The normalized spacial score (nSPS) is 15.3. The summed E-state index contributed by atoms with van der Waals surface area (Å²) in [5.74, 6) is 1.17. The molecule has 4 aromatic rings. The number of methoxy groups -OCH3 is 3. The molecular weight excluding hydrogens is 543 g/mol. The number of hydrogen-bond acceptors (Lipinski definition) is 8. The topological polar surface area (TPSA) is 97.2 Å². The fraction of sp³-hybridized carbons (Fsp3) is 0.323. The molecule has 1 saturated heterocycles. The van der Waals surface area contributed by atoms with Crippen LogP contribution in [0, 0.1) is 5.95 Å². The van der Waals surface area contributed by atoms with Crippen LogP contribution < -0.4 is 18.9 Å². The Hall–Kier alpha value is -4.64. The van der Waals surface area contributed by atoms with Gasteiger partial charge in [-0.05, 0) is 32.0 Å². The number of amides is 1. The van der Waals surface area contributed by atoms with E-state index >= 15 is 0 Å². The highest BCUT2D eigenvalue weighted by Crippen LogP contribution is 2.47. The molecule has 0 spiro atoms. The molecule has 1 fully saturated rings. The predicted molar refractivity (Wildman–Crippen MR) is 152 cm³/mol. The zero-order chi connectivity index (χ0) is 29.6. The first kappa shape index (κ1) is 27.5. The van der Waals surface area contributed by atoms with Gasteiger partial charge in [-0.1, -0.05) is 0 Å². The number of carbonyl (C=O) groups is 1. The lowest BCUT2D eigenvalue weighted by molar-refractivity contribution is -0.0374. The van der Waals surface area contributed by atoms with Gasteiger partial charge < -0.3 is 28.6 Å². The molecule has 2 aromatic carbocycles. The van der Waals surface area contributed by atoms with Gasteiger partial charge in [-0.25, -0.2) is 9.67 Å². The van der Waals surface area contributed by atoms with Crippen LogP contribution in [0.5, 0.6) is 23.0 Å². The summed E-state index contributed by atoms with van der Waals surface area (Å²) < 4.78 is 45.1. The zero-order valence-electron chi connectivity index (χ0n) is 24.1. The Kier molecular flexibility index (Phi) is 6.97. The van der Waals surface area contributed by atoms with E-state index in [1.807, 2.05) is 26.0 Å². The molecule has 2 aromatic heterocycles. The molecule has 10 nitrogen and oxygen atoms in total. The van der Waals surface area contributed by atoms with E-state index < -0.39 is 11.5 Å². The lowest BCUT2D eigenvalue weighted by atomic mass is 9.95. The molecule has 0 N–H and O–H groups in total. The Morgan fingerprint density at radius 3 is 2.43 bits per heavy atom. The van der Waals surface area contributed by atoms with Crippen molar-refractivity contribution in [2.75, 3.05) is 41.1 Å². The minimum atomic E-state index is -0.635. The maximum absolute atomic E-state index is 14.9. The monoisotopic (exact) mass is 574 g/mol. The number of pyridine rings is 1. The van der Waals surface area contributed by atoms with Gasteiger partial charge in [0.25, 0.3) is 5.91 Å². The Labute approximate surface area is 242 Å². The maximum Gasteiger partial charge on any atom is 0.275 e. The van der Waals surface area contributed by atoms with Crippen LogP contribution in [0.25, 0.3) is 28.1 Å². The summed E-state index contributed by atoms with van der Waals surface area (Å²) in [5, 5.41) is 4.89. The zero-order valence-corrected chi connectivity index (χ0v) is 24.1. The Morgan fingerprint density at radius 1 is 1.00 bits per heavy atom. The van der Waals surface area contributed by atoms with Crippen molar-refractivity contribution in [3.63, 3.8) is 0 Å². The first-order chi connectivity index (χ1) is 20.2. The second kappa shape index (κ2) is 10.6. The third kappa shape index (κ3) is 4.59. The molecular formula is C31H31FN4O6. The van der Waals surface area contributed by atoms with Crippen molar-refractivity contribution in [3.8, 4) is 51.1 Å². The molecule has 0 aliphatic carbocycles. The maximum atomic E-state index is 14.9. The van der Waals surface area contributed by atoms with Gasteiger partial charge in [0.1, 0.15) is 29.6 Å². The standard InChI is InChI=1S/C31H31FN4O6/c1-31(2)17-41-10-9-35(31)30(37)27-24-16-42-26-15-25(40-5)22(21-7-6-8-33-29(21)32)14-23(26)28(24)36(34-27)18-11-19(38-3)13-20(12-18)39-4/h6-8,11-15H,9-10,16-17H2,1-5H3. The van der Waals surface area contributed by atoms with E-state index in [1.54, 1.807) is 54.1 Å². The van der Waals surface area contributed by atoms with Crippen LogP contribution in [0.4, 0.5) is 4.39 Å². The predicted octanol–water partition coefficient (Wildman–Crippen LogP) is 4.91. The van der Waals surface area contributed by atoms with Gasteiger partial charge in [-0.3, -0.25) is 4.79 Å². The Morgan fingerprint density at radius 2 is 1.76 bits per heavy atom. The van der Waals surface area contributed by atoms with Crippen molar-refractivity contribution in [2.24, 2.45) is 0 Å². The van der Waals surface area contributed by atoms with Crippen molar-refractivity contribution < 1.29 is 32.9 Å². The summed E-state index contributed by atoms with van der Waals surface area (Å²) in [7, 11) is 4.65. The second-order valence-corrected chi connectivity index (χ2v) is 10.7. The Bertz CT molecular complexity index is 1660. The van der Waals surface area contributed by atoms with Gasteiger partial charge in [0.15, 0.2) is 5.69 Å². The minimum absolute atomic E-state index is 0.0963. The molecule has 0 bridgehead atoms. The first-order valence-corrected chi connectivity index (χ1v) is 13.5. The third-order valence-corrected chi connectivity index (χ3v) is 7.64. The van der Waals surface area contributed by atoms with Gasteiger partial charge >= 0.3 is 0 Å². The van der Waals surface area contributed by atoms with E-state index in [2.05, 4.69) is 4.98 Å². The largest absolute Gasteiger partial charge is 0.497 e. The fourth-order valence-corrected chi connectivity index (χ4v) is 5.48. The van der Waals surface area contributed by atoms with Crippen molar-refractivity contribution in [1.29, 1.82) is 0 Å². The highest BCUT2D eigenvalue weighted by molar-refractivity contribution is 5.97. The van der Waals surface area contributed by atoms with Crippen molar-refractivity contribution in [2.45, 2.75) is 26.0 Å². The summed E-state index contributed by atoms with van der Waals surface area (Å²) in [6.07, 6.45) is 1.39. The summed E-state index contributed by atoms with van der Waals surface area (Å²) >= 11 is 0. The number of carbonyl (C=O) groups excluding carboxylic acids is 1. The molecule has 2 aliphatic rings. The summed E-state index contributed by atoms with van der Waals surface area (Å²) in [5.41, 5.74) is 2.95. The fourth-order valence-electron chi connectivity index (χ4n) is 5.48. The number of nitrogens with zero attached hydrogens (tertiary/aromatic N) is 4. The van der Waals surface area contributed by atoms with Crippen LogP contribution in [-0.4, -0.2) is 72.2 Å². The number of halogens is 1. The van der Waals surface area contributed by atoms with Crippen molar-refractivity contribution >= 4 is 5.91 Å². The molecule has 0 atom stereocenters. The summed E-state index contributed by atoms with van der Waals surface area (Å²) in [6, 6.07) is 12.2. The SMILES string of the molecule is COc1cc(OC)cc(-n2nc(C(=O)N3CCOCC3(C)C)c3c2-c2cc(-c4cccnc4F)c(OC)cc2OC3)c1. The van der Waals surface area contributed by atoms with E-state index in [9.17, 15) is 9.18 Å². The lowest BCUT2D eigenvalue weighted by Crippen LogP contribution is -2.55. The van der Waals surface area contributed by atoms with Gasteiger partial charge in [0.2, 0.25) is 5.95 Å². The minimum Gasteiger partial charge on any atom is -0.497 e. The van der Waals surface area contributed by atoms with Gasteiger partial charge in [0.05, 0.1) is 51.5 Å². The van der Waals surface area contributed by atoms with E-state index in [1.165, 1.54) is 13.3 Å². The average Bonchev–Trinajstić information content (AvgIpc) is 3.40. The molecule has 0 unspecified atom stereocenters. The lowest BCUT2D eigenvalue weighted by Gasteiger charge is -2.41. The van der Waals surface area contributed by atoms with E-state index in [0.717, 1.165) is 0 Å². The van der Waals surface area contributed by atoms with Crippen LogP contribution in [0.15, 0.2) is 48.7 Å². The summed E-state index contributed by atoms with van der Waals surface area (Å²) in [4.78, 5) is 19.7. The van der Waals surface area contributed by atoms with Crippen LogP contribution in [0.1, 0.15) is 29.9 Å². The van der Waals surface area contributed by atoms with E-state index in [4.69, 9.17) is 28.8 Å². The molecule has 1 amide bonds. The Balaban J connectivity index is 1.61. The van der Waals surface area contributed by atoms with E-state index in [0.29, 0.717) is 70.8 Å². The average molecular weight is 575 g/mol. The molecule has 42 heavy (non-hydrogen) atoms. The smallest absolute Gasteiger partial charge is 0.275 e. The number of aromatic nitrogens is 3. The van der Waals surface area contributed by atoms with Crippen LogP contribution >= 0.6 is 0 Å². The highest BCUT2D eigenvalue weighted by atomic mass is 19.1. The number of fused-ring (bicyclic) bond motifs is 3. The molecule has 2 aliphatic heterocycles. The number of ether oxygens (including phenoxy) is 5. The van der Waals surface area contributed by atoms with Crippen molar-refractivity contribution in [1.82, 2.24) is 19.7 Å². The number of hydrogen-bond donors (Lipinski definition) is 0. The second-order valence-electron chi connectivity index (χ2n) is 10.7. The van der Waals surface area contributed by atoms with Crippen LogP contribution in [0.2, 0.25) is 0 Å². The van der Waals surface area contributed by atoms with E-state index in [-0.39, 0.29) is 23.8 Å². The van der Waals surface area contributed by atoms with Crippen LogP contribution in [-0.2, 0) is 11.3 Å². The van der Waals surface area contributed by atoms with Crippen molar-refractivity contribution in [3.05, 3.63) is 65.9 Å². The number of morpholine rings is 1. The molecule has 11 heteroatoms. The molecule has 6 rings (SSSR count). The summed E-state index contributed by atoms with van der Waals surface area (Å²) in [6.45, 7) is 5.30. The first-order valence-electron chi connectivity index (χ1n) is 13.5. The van der Waals surface area contributed by atoms with Crippen LogP contribution in [0.3, 0.4) is 0 Å². The van der Waals surface area contributed by atoms with Gasteiger partial charge in [-0.15, -0.1) is 0 Å². The molecule has 218 valence electrons. The quantitative estimate of drug-likeness (QED) is 0.300. The number of rotatable bonds is 6. The van der Waals surface area contributed by atoms with Gasteiger partial charge in [0, 0.05) is 59.3 Å². The highest BCUT2D eigenvalue weighted by Gasteiger charge is 2.39. The molecule has 0 radical (unpaired) electrons. The molecule has 4 heterocycles.